The van der Waals surface area contributed by atoms with E-state index in [1.54, 1.807) is 0 Å². The Morgan fingerprint density at radius 3 is 2.86 bits per heavy atom. The normalized spacial score (nSPS) is 11.7. The van der Waals surface area contributed by atoms with Gasteiger partial charge >= 0.3 is 0 Å². The van der Waals surface area contributed by atoms with Gasteiger partial charge in [-0.25, -0.2) is 0 Å². The minimum absolute atomic E-state index is 0.454. The van der Waals surface area contributed by atoms with E-state index in [9.17, 15) is 0 Å². The van der Waals surface area contributed by atoms with Gasteiger partial charge in [0.15, 0.2) is 0 Å². The van der Waals surface area contributed by atoms with E-state index >= 15 is 0 Å². The van der Waals surface area contributed by atoms with Gasteiger partial charge in [-0.05, 0) is 26.3 Å². The largest absolute Gasteiger partial charge is 0.270 e. The van der Waals surface area contributed by atoms with Crippen LogP contribution in [-0.4, -0.2) is 15.1 Å². The van der Waals surface area contributed by atoms with Crippen LogP contribution in [0.5, 0.6) is 0 Å². The molecule has 1 rings (SSSR count). The van der Waals surface area contributed by atoms with E-state index in [2.05, 4.69) is 53.1 Å². The Hall–Kier alpha value is -0.570. The van der Waals surface area contributed by atoms with Crippen molar-refractivity contribution in [3.63, 3.8) is 0 Å². The highest BCUT2D eigenvalue weighted by molar-refractivity contribution is 9.09. The topological polar surface area (TPSA) is 17.8 Å². The summed E-state index contributed by atoms with van der Waals surface area (Å²) in [6.45, 7) is 4.27. The fourth-order valence-electron chi connectivity index (χ4n) is 1.16. The Labute approximate surface area is 94.1 Å². The van der Waals surface area contributed by atoms with E-state index < -0.39 is 0 Å². The molecule has 14 heavy (non-hydrogen) atoms. The van der Waals surface area contributed by atoms with Gasteiger partial charge in [0.2, 0.25) is 0 Å². The lowest BCUT2D eigenvalue weighted by Gasteiger charge is -2.02. The molecule has 0 saturated heterocycles. The number of halogens is 1. The van der Waals surface area contributed by atoms with Crippen molar-refractivity contribution in [2.75, 3.05) is 5.33 Å². The Balaban J connectivity index is 2.43. The molecule has 0 spiro atoms. The van der Waals surface area contributed by atoms with Gasteiger partial charge in [0.1, 0.15) is 0 Å². The Morgan fingerprint density at radius 1 is 1.50 bits per heavy atom. The van der Waals surface area contributed by atoms with Gasteiger partial charge in [0.05, 0.1) is 5.69 Å². The van der Waals surface area contributed by atoms with Crippen molar-refractivity contribution >= 4 is 15.9 Å². The van der Waals surface area contributed by atoms with E-state index in [-0.39, 0.29) is 0 Å². The molecule has 0 bridgehead atoms. The number of allylic oxidation sites excluding steroid dienone is 2. The summed E-state index contributed by atoms with van der Waals surface area (Å²) < 4.78 is 1.99. The Bertz CT molecular complexity index is 289. The van der Waals surface area contributed by atoms with Crippen molar-refractivity contribution in [3.8, 4) is 0 Å². The summed E-state index contributed by atoms with van der Waals surface area (Å²) in [5.41, 5.74) is 1.14. The maximum atomic E-state index is 4.46. The molecular formula is C11H17BrN2. The highest BCUT2D eigenvalue weighted by atomic mass is 79.9. The fraction of sp³-hybridized carbons (Fsp3) is 0.545. The zero-order chi connectivity index (χ0) is 10.4. The number of rotatable bonds is 5. The summed E-state index contributed by atoms with van der Waals surface area (Å²) >= 11 is 3.39. The third-order valence-electron chi connectivity index (χ3n) is 1.96. The second-order valence-corrected chi connectivity index (χ2v) is 4.33. The molecule has 2 nitrogen and oxygen atoms in total. The second-order valence-electron chi connectivity index (χ2n) is 3.53. The zero-order valence-electron chi connectivity index (χ0n) is 8.78. The number of hydrogen-bond donors (Lipinski definition) is 0. The molecule has 0 aliphatic heterocycles. The first-order valence-corrected chi connectivity index (χ1v) is 6.11. The maximum Gasteiger partial charge on any atom is 0.0662 e. The van der Waals surface area contributed by atoms with Crippen LogP contribution < -0.4 is 0 Å². The van der Waals surface area contributed by atoms with E-state index in [1.165, 1.54) is 0 Å². The van der Waals surface area contributed by atoms with Crippen molar-refractivity contribution in [3.05, 3.63) is 30.1 Å². The Kier molecular flexibility index (Phi) is 4.94. The second kappa shape index (κ2) is 6.02. The average Bonchev–Trinajstić information content (AvgIpc) is 2.61. The first-order chi connectivity index (χ1) is 6.74. The van der Waals surface area contributed by atoms with Crippen LogP contribution in [0.2, 0.25) is 0 Å². The van der Waals surface area contributed by atoms with Gasteiger partial charge in [-0.15, -0.1) is 0 Å². The van der Waals surface area contributed by atoms with E-state index in [0.717, 1.165) is 23.9 Å². The molecule has 0 aliphatic carbocycles. The standard InChI is InChI=1S/C11H17BrN2/c1-10(2)14-9-7-11(13-14)6-4-3-5-8-12/h3-4,7,9-10H,5-6,8H2,1-2H3. The lowest BCUT2D eigenvalue weighted by molar-refractivity contribution is 0.528. The number of aromatic nitrogens is 2. The van der Waals surface area contributed by atoms with Crippen molar-refractivity contribution in [2.45, 2.75) is 32.7 Å². The molecule has 0 unspecified atom stereocenters. The van der Waals surface area contributed by atoms with Crippen molar-refractivity contribution in [2.24, 2.45) is 0 Å². The monoisotopic (exact) mass is 256 g/mol. The summed E-state index contributed by atoms with van der Waals surface area (Å²) in [6.07, 6.45) is 8.42. The van der Waals surface area contributed by atoms with Crippen LogP contribution in [0.15, 0.2) is 24.4 Å². The molecule has 0 radical (unpaired) electrons. The predicted molar refractivity (Wildman–Crippen MR) is 63.9 cm³/mol. The number of hydrogen-bond acceptors (Lipinski definition) is 1. The zero-order valence-corrected chi connectivity index (χ0v) is 10.4. The molecule has 0 aliphatic rings. The molecule has 0 amide bonds. The molecule has 0 aromatic carbocycles. The van der Waals surface area contributed by atoms with Gasteiger partial charge < -0.3 is 0 Å². The van der Waals surface area contributed by atoms with Gasteiger partial charge in [0.25, 0.3) is 0 Å². The minimum atomic E-state index is 0.454. The summed E-state index contributed by atoms with van der Waals surface area (Å²) in [7, 11) is 0. The van der Waals surface area contributed by atoms with Crippen LogP contribution in [0, 0.1) is 0 Å². The van der Waals surface area contributed by atoms with Crippen LogP contribution >= 0.6 is 15.9 Å². The van der Waals surface area contributed by atoms with Gasteiger partial charge in [0, 0.05) is 24.0 Å². The first kappa shape index (κ1) is 11.5. The molecular weight excluding hydrogens is 240 g/mol. The molecule has 78 valence electrons. The van der Waals surface area contributed by atoms with Crippen LogP contribution in [0.4, 0.5) is 0 Å². The van der Waals surface area contributed by atoms with Crippen LogP contribution in [-0.2, 0) is 6.42 Å². The average molecular weight is 257 g/mol. The molecule has 0 fully saturated rings. The molecule has 0 N–H and O–H groups in total. The van der Waals surface area contributed by atoms with Gasteiger partial charge in [-0.2, -0.15) is 5.10 Å². The number of alkyl halides is 1. The van der Waals surface area contributed by atoms with Crippen molar-refractivity contribution < 1.29 is 0 Å². The molecule has 1 aromatic rings. The lowest BCUT2D eigenvalue weighted by atomic mass is 10.3. The van der Waals surface area contributed by atoms with Crippen molar-refractivity contribution in [1.29, 1.82) is 0 Å². The van der Waals surface area contributed by atoms with Crippen LogP contribution in [0.1, 0.15) is 32.0 Å². The van der Waals surface area contributed by atoms with Gasteiger partial charge in [-0.1, -0.05) is 28.1 Å². The quantitative estimate of drug-likeness (QED) is 0.584. The summed E-state index contributed by atoms with van der Waals surface area (Å²) in [5.74, 6) is 0. The third kappa shape index (κ3) is 3.66. The minimum Gasteiger partial charge on any atom is -0.270 e. The molecule has 1 aromatic heterocycles. The van der Waals surface area contributed by atoms with Gasteiger partial charge in [-0.3, -0.25) is 4.68 Å². The van der Waals surface area contributed by atoms with E-state index in [4.69, 9.17) is 0 Å². The predicted octanol–water partition coefficient (Wildman–Crippen LogP) is 3.35. The molecule has 1 heterocycles. The lowest BCUT2D eigenvalue weighted by Crippen LogP contribution is -2.01. The maximum absolute atomic E-state index is 4.46. The molecule has 0 atom stereocenters. The van der Waals surface area contributed by atoms with E-state index in [0.29, 0.717) is 6.04 Å². The summed E-state index contributed by atoms with van der Waals surface area (Å²) in [6, 6.07) is 2.54. The number of nitrogens with zero attached hydrogens (tertiary/aromatic N) is 2. The fourth-order valence-corrected chi connectivity index (χ4v) is 1.42. The third-order valence-corrected chi connectivity index (χ3v) is 2.42. The van der Waals surface area contributed by atoms with Crippen molar-refractivity contribution in [1.82, 2.24) is 9.78 Å². The van der Waals surface area contributed by atoms with E-state index in [1.807, 2.05) is 10.9 Å². The highest BCUT2D eigenvalue weighted by Crippen LogP contribution is 2.05. The van der Waals surface area contributed by atoms with Crippen LogP contribution in [0.3, 0.4) is 0 Å². The molecule has 0 saturated carbocycles. The smallest absolute Gasteiger partial charge is 0.0662 e. The SMILES string of the molecule is CC(C)n1ccc(CC=CCCBr)n1. The molecule has 3 heteroatoms. The summed E-state index contributed by atoms with van der Waals surface area (Å²) in [5, 5.41) is 5.49. The Morgan fingerprint density at radius 2 is 2.29 bits per heavy atom. The van der Waals surface area contributed by atoms with Crippen LogP contribution in [0.25, 0.3) is 0 Å². The highest BCUT2D eigenvalue weighted by Gasteiger charge is 1.99. The first-order valence-electron chi connectivity index (χ1n) is 4.99. The summed E-state index contributed by atoms with van der Waals surface area (Å²) in [4.78, 5) is 0.